The number of pyridine rings is 1. The van der Waals surface area contributed by atoms with Gasteiger partial charge in [-0.05, 0) is 37.3 Å². The fourth-order valence-electron chi connectivity index (χ4n) is 1.64. The van der Waals surface area contributed by atoms with E-state index in [1.54, 1.807) is 6.07 Å². The lowest BCUT2D eigenvalue weighted by molar-refractivity contribution is 0.0946. The van der Waals surface area contributed by atoms with Gasteiger partial charge in [-0.25, -0.2) is 4.39 Å². The number of amides is 1. The van der Waals surface area contributed by atoms with E-state index >= 15 is 0 Å². The number of nitrogens with zero attached hydrogens (tertiary/aromatic N) is 1. The second kappa shape index (κ2) is 5.93. The lowest BCUT2D eigenvalue weighted by Crippen LogP contribution is -2.24. The van der Waals surface area contributed by atoms with E-state index in [4.69, 9.17) is 0 Å². The van der Waals surface area contributed by atoms with Crippen LogP contribution in [0.5, 0.6) is 0 Å². The Bertz CT molecular complexity index is 616. The number of hydrogen-bond acceptors (Lipinski definition) is 2. The first kappa shape index (κ1) is 13.7. The molecule has 0 bridgehead atoms. The molecule has 0 saturated heterocycles. The summed E-state index contributed by atoms with van der Waals surface area (Å²) in [5.41, 5.74) is 1.63. The summed E-state index contributed by atoms with van der Waals surface area (Å²) in [5, 5.41) is 2.65. The zero-order chi connectivity index (χ0) is 13.8. The third-order valence-electron chi connectivity index (χ3n) is 2.55. The number of benzene rings is 1. The summed E-state index contributed by atoms with van der Waals surface area (Å²) in [6.45, 7) is 2.14. The van der Waals surface area contributed by atoms with Gasteiger partial charge in [-0.15, -0.1) is 0 Å². The van der Waals surface area contributed by atoms with E-state index in [1.165, 1.54) is 12.1 Å². The molecule has 1 heterocycles. The van der Waals surface area contributed by atoms with Crippen molar-refractivity contribution >= 4 is 21.8 Å². The summed E-state index contributed by atoms with van der Waals surface area (Å²) < 4.78 is 14.2. The molecule has 0 atom stereocenters. The van der Waals surface area contributed by atoms with Gasteiger partial charge in [-0.1, -0.05) is 22.0 Å². The van der Waals surface area contributed by atoms with E-state index in [2.05, 4.69) is 26.2 Å². The van der Waals surface area contributed by atoms with E-state index in [0.717, 1.165) is 11.4 Å². The number of carbonyl (C=O) groups is 1. The summed E-state index contributed by atoms with van der Waals surface area (Å²) >= 11 is 3.21. The van der Waals surface area contributed by atoms with Gasteiger partial charge in [-0.2, -0.15) is 0 Å². The molecule has 0 unspecified atom stereocenters. The van der Waals surface area contributed by atoms with Crippen LogP contribution < -0.4 is 5.32 Å². The van der Waals surface area contributed by atoms with Crippen LogP contribution in [0.15, 0.2) is 40.9 Å². The SMILES string of the molecule is Cc1cccc(CNC(=O)c2cc(Br)ccc2F)n1. The Labute approximate surface area is 119 Å². The van der Waals surface area contributed by atoms with Crippen molar-refractivity contribution in [3.63, 3.8) is 0 Å². The van der Waals surface area contributed by atoms with Crippen molar-refractivity contribution in [2.75, 3.05) is 0 Å². The van der Waals surface area contributed by atoms with Crippen molar-refractivity contribution in [1.29, 1.82) is 0 Å². The topological polar surface area (TPSA) is 42.0 Å². The van der Waals surface area contributed by atoms with Gasteiger partial charge in [0.25, 0.3) is 5.91 Å². The zero-order valence-electron chi connectivity index (χ0n) is 10.3. The Kier molecular flexibility index (Phi) is 4.27. The van der Waals surface area contributed by atoms with E-state index < -0.39 is 11.7 Å². The van der Waals surface area contributed by atoms with E-state index in [1.807, 2.05) is 25.1 Å². The highest BCUT2D eigenvalue weighted by molar-refractivity contribution is 9.10. The van der Waals surface area contributed by atoms with Crippen LogP contribution >= 0.6 is 15.9 Å². The third-order valence-corrected chi connectivity index (χ3v) is 3.04. The Morgan fingerprint density at radius 2 is 2.16 bits per heavy atom. The fraction of sp³-hybridized carbons (Fsp3) is 0.143. The lowest BCUT2D eigenvalue weighted by Gasteiger charge is -2.06. The number of rotatable bonds is 3. The van der Waals surface area contributed by atoms with Gasteiger partial charge in [0, 0.05) is 10.2 Å². The molecule has 0 saturated carbocycles. The molecule has 1 N–H and O–H groups in total. The number of aromatic nitrogens is 1. The van der Waals surface area contributed by atoms with Crippen LogP contribution in [0, 0.1) is 12.7 Å². The van der Waals surface area contributed by atoms with Gasteiger partial charge in [0.1, 0.15) is 5.82 Å². The largest absolute Gasteiger partial charge is 0.346 e. The summed E-state index contributed by atoms with van der Waals surface area (Å²) in [7, 11) is 0. The van der Waals surface area contributed by atoms with Crippen LogP contribution in [0.4, 0.5) is 4.39 Å². The summed E-state index contributed by atoms with van der Waals surface area (Å²) in [6, 6.07) is 9.81. The lowest BCUT2D eigenvalue weighted by atomic mass is 10.2. The maximum Gasteiger partial charge on any atom is 0.254 e. The van der Waals surface area contributed by atoms with Crippen molar-refractivity contribution in [3.8, 4) is 0 Å². The highest BCUT2D eigenvalue weighted by atomic mass is 79.9. The van der Waals surface area contributed by atoms with Gasteiger partial charge in [-0.3, -0.25) is 9.78 Å². The molecule has 0 aliphatic heterocycles. The van der Waals surface area contributed by atoms with Crippen molar-refractivity contribution < 1.29 is 9.18 Å². The highest BCUT2D eigenvalue weighted by Gasteiger charge is 2.11. The molecule has 98 valence electrons. The minimum Gasteiger partial charge on any atom is -0.346 e. The molecule has 0 radical (unpaired) electrons. The highest BCUT2D eigenvalue weighted by Crippen LogP contribution is 2.15. The quantitative estimate of drug-likeness (QED) is 0.942. The van der Waals surface area contributed by atoms with Crippen LogP contribution in [-0.4, -0.2) is 10.9 Å². The number of nitrogens with one attached hydrogen (secondary N) is 1. The van der Waals surface area contributed by atoms with Crippen LogP contribution in [0.25, 0.3) is 0 Å². The van der Waals surface area contributed by atoms with Gasteiger partial charge in [0.15, 0.2) is 0 Å². The van der Waals surface area contributed by atoms with Crippen LogP contribution in [0.2, 0.25) is 0 Å². The van der Waals surface area contributed by atoms with Crippen molar-refractivity contribution in [3.05, 3.63) is 63.6 Å². The average Bonchev–Trinajstić information content (AvgIpc) is 2.39. The van der Waals surface area contributed by atoms with Crippen LogP contribution in [-0.2, 0) is 6.54 Å². The molecular weight excluding hydrogens is 311 g/mol. The third kappa shape index (κ3) is 3.61. The molecule has 0 aliphatic carbocycles. The number of hydrogen-bond donors (Lipinski definition) is 1. The summed E-state index contributed by atoms with van der Waals surface area (Å²) in [6.07, 6.45) is 0. The maximum absolute atomic E-state index is 13.5. The van der Waals surface area contributed by atoms with Gasteiger partial charge in [0.05, 0.1) is 17.8 Å². The molecule has 5 heteroatoms. The smallest absolute Gasteiger partial charge is 0.254 e. The maximum atomic E-state index is 13.5. The molecule has 0 spiro atoms. The Balaban J connectivity index is 2.07. The van der Waals surface area contributed by atoms with Gasteiger partial charge < -0.3 is 5.32 Å². The molecule has 0 fully saturated rings. The molecule has 2 aromatic rings. The molecule has 2 rings (SSSR count). The Morgan fingerprint density at radius 3 is 2.89 bits per heavy atom. The Morgan fingerprint density at radius 1 is 1.37 bits per heavy atom. The normalized spacial score (nSPS) is 10.3. The minimum absolute atomic E-state index is 0.0158. The molecule has 19 heavy (non-hydrogen) atoms. The number of halogens is 2. The Hall–Kier alpha value is -1.75. The van der Waals surface area contributed by atoms with Crippen LogP contribution in [0.1, 0.15) is 21.7 Å². The zero-order valence-corrected chi connectivity index (χ0v) is 11.9. The van der Waals surface area contributed by atoms with E-state index in [0.29, 0.717) is 4.47 Å². The first-order valence-electron chi connectivity index (χ1n) is 5.72. The van der Waals surface area contributed by atoms with Crippen LogP contribution in [0.3, 0.4) is 0 Å². The summed E-state index contributed by atoms with van der Waals surface area (Å²) in [4.78, 5) is 16.1. The number of carbonyl (C=O) groups excluding carboxylic acids is 1. The van der Waals surface area contributed by atoms with Crippen molar-refractivity contribution in [1.82, 2.24) is 10.3 Å². The standard InChI is InChI=1S/C14H12BrFN2O/c1-9-3-2-4-11(18-9)8-17-14(19)12-7-10(15)5-6-13(12)16/h2-7H,8H2,1H3,(H,17,19). The summed E-state index contributed by atoms with van der Waals surface area (Å²) in [5.74, 6) is -1.000. The monoisotopic (exact) mass is 322 g/mol. The van der Waals surface area contributed by atoms with Crippen molar-refractivity contribution in [2.24, 2.45) is 0 Å². The fourth-order valence-corrected chi connectivity index (χ4v) is 2.00. The van der Waals surface area contributed by atoms with Gasteiger partial charge >= 0.3 is 0 Å². The van der Waals surface area contributed by atoms with Gasteiger partial charge in [0.2, 0.25) is 0 Å². The first-order chi connectivity index (χ1) is 9.06. The average molecular weight is 323 g/mol. The molecule has 1 amide bonds. The second-order valence-electron chi connectivity index (χ2n) is 4.08. The van der Waals surface area contributed by atoms with E-state index in [9.17, 15) is 9.18 Å². The predicted molar refractivity (Wildman–Crippen MR) is 74.2 cm³/mol. The van der Waals surface area contributed by atoms with Crippen molar-refractivity contribution in [2.45, 2.75) is 13.5 Å². The first-order valence-corrected chi connectivity index (χ1v) is 6.51. The number of aryl methyl sites for hydroxylation is 1. The van der Waals surface area contributed by atoms with E-state index in [-0.39, 0.29) is 12.1 Å². The molecular formula is C14H12BrFN2O. The second-order valence-corrected chi connectivity index (χ2v) is 4.99. The molecule has 0 aliphatic rings. The molecule has 1 aromatic heterocycles. The molecule has 3 nitrogen and oxygen atoms in total. The predicted octanol–water partition coefficient (Wildman–Crippen LogP) is 3.22. The minimum atomic E-state index is -0.544. The molecule has 1 aromatic carbocycles.